The number of thiol groups is 1. The lowest BCUT2D eigenvalue weighted by Crippen LogP contribution is -2.35. The van der Waals surface area contributed by atoms with E-state index in [9.17, 15) is 4.79 Å². The first-order chi connectivity index (χ1) is 8.58. The number of hydrogen-bond acceptors (Lipinski definition) is 3. The van der Waals surface area contributed by atoms with E-state index in [1.807, 2.05) is 25.1 Å². The van der Waals surface area contributed by atoms with Gasteiger partial charge in [-0.25, -0.2) is 0 Å². The summed E-state index contributed by atoms with van der Waals surface area (Å²) in [5.74, 6) is -0.0180. The van der Waals surface area contributed by atoms with Crippen LogP contribution in [0.2, 0.25) is 0 Å². The number of nitrogens with zero attached hydrogens (tertiary/aromatic N) is 1. The smallest absolute Gasteiger partial charge is 0.251 e. The van der Waals surface area contributed by atoms with Crippen LogP contribution in [0.5, 0.6) is 0 Å². The van der Waals surface area contributed by atoms with Gasteiger partial charge < -0.3 is 10.2 Å². The fraction of sp³-hybridized carbons (Fsp3) is 0.500. The van der Waals surface area contributed by atoms with Crippen LogP contribution in [0.4, 0.5) is 0 Å². The van der Waals surface area contributed by atoms with Gasteiger partial charge in [-0.1, -0.05) is 19.9 Å². The Morgan fingerprint density at radius 1 is 1.33 bits per heavy atom. The molecule has 4 heteroatoms. The molecule has 1 amide bonds. The van der Waals surface area contributed by atoms with Crippen molar-refractivity contribution in [1.29, 1.82) is 0 Å². The van der Waals surface area contributed by atoms with Gasteiger partial charge >= 0.3 is 0 Å². The van der Waals surface area contributed by atoms with Crippen LogP contribution < -0.4 is 5.32 Å². The minimum absolute atomic E-state index is 0.0180. The third kappa shape index (κ3) is 4.35. The van der Waals surface area contributed by atoms with Gasteiger partial charge in [0.1, 0.15) is 0 Å². The summed E-state index contributed by atoms with van der Waals surface area (Å²) >= 11 is 4.26. The van der Waals surface area contributed by atoms with E-state index in [4.69, 9.17) is 0 Å². The van der Waals surface area contributed by atoms with E-state index in [2.05, 4.69) is 36.7 Å². The zero-order valence-corrected chi connectivity index (χ0v) is 12.3. The molecule has 0 aliphatic rings. The largest absolute Gasteiger partial charge is 0.351 e. The zero-order valence-electron chi connectivity index (χ0n) is 11.4. The number of nitrogens with one attached hydrogen (secondary N) is 1. The summed E-state index contributed by atoms with van der Waals surface area (Å²) in [5.41, 5.74) is 1.69. The first kappa shape index (κ1) is 15.1. The van der Waals surface area contributed by atoms with Crippen molar-refractivity contribution in [1.82, 2.24) is 10.2 Å². The van der Waals surface area contributed by atoms with Gasteiger partial charge in [0.2, 0.25) is 0 Å². The van der Waals surface area contributed by atoms with Gasteiger partial charge in [0.15, 0.2) is 0 Å². The van der Waals surface area contributed by atoms with Gasteiger partial charge in [-0.05, 0) is 37.7 Å². The third-order valence-corrected chi connectivity index (χ3v) is 3.35. The lowest BCUT2D eigenvalue weighted by Gasteiger charge is -2.18. The normalized spacial score (nSPS) is 10.7. The second-order valence-corrected chi connectivity index (χ2v) is 4.80. The Balaban J connectivity index is 2.53. The number of likely N-dealkylation sites (N-methyl/N-ethyl adjacent to an activating group) is 1. The molecule has 18 heavy (non-hydrogen) atoms. The highest BCUT2D eigenvalue weighted by Crippen LogP contribution is 2.13. The van der Waals surface area contributed by atoms with Crippen LogP contribution in [0.3, 0.4) is 0 Å². The molecule has 0 aliphatic heterocycles. The van der Waals surface area contributed by atoms with Gasteiger partial charge in [-0.15, -0.1) is 12.6 Å². The van der Waals surface area contributed by atoms with Crippen molar-refractivity contribution in [2.45, 2.75) is 25.7 Å². The van der Waals surface area contributed by atoms with Crippen molar-refractivity contribution < 1.29 is 4.79 Å². The predicted molar refractivity (Wildman–Crippen MR) is 78.6 cm³/mol. The highest BCUT2D eigenvalue weighted by atomic mass is 32.1. The molecule has 0 unspecified atom stereocenters. The summed E-state index contributed by atoms with van der Waals surface area (Å²) in [6, 6.07) is 5.62. The molecular formula is C14H22N2OS. The van der Waals surface area contributed by atoms with Crippen molar-refractivity contribution in [2.75, 3.05) is 26.2 Å². The number of carbonyl (C=O) groups excluding carboxylic acids is 1. The summed E-state index contributed by atoms with van der Waals surface area (Å²) in [4.78, 5) is 15.1. The van der Waals surface area contributed by atoms with Gasteiger partial charge in [-0.2, -0.15) is 0 Å². The van der Waals surface area contributed by atoms with Gasteiger partial charge in [0.25, 0.3) is 5.91 Å². The molecule has 1 rings (SSSR count). The van der Waals surface area contributed by atoms with Crippen molar-refractivity contribution in [2.24, 2.45) is 0 Å². The second-order valence-electron chi connectivity index (χ2n) is 4.28. The average molecular weight is 266 g/mol. The summed E-state index contributed by atoms with van der Waals surface area (Å²) in [6.45, 7) is 9.77. The molecule has 0 fully saturated rings. The SMILES string of the molecule is CCN(CC)CCNC(=O)c1cc(S)ccc1C. The Morgan fingerprint density at radius 2 is 2.00 bits per heavy atom. The van der Waals surface area contributed by atoms with Gasteiger partial charge in [-0.3, -0.25) is 4.79 Å². The molecule has 0 atom stereocenters. The maximum atomic E-state index is 12.0. The van der Waals surface area contributed by atoms with Crippen molar-refractivity contribution in [3.05, 3.63) is 29.3 Å². The van der Waals surface area contributed by atoms with Crippen LogP contribution in [0.15, 0.2) is 23.1 Å². The molecule has 0 heterocycles. The Kier molecular flexibility index (Phi) is 6.22. The second kappa shape index (κ2) is 7.44. The lowest BCUT2D eigenvalue weighted by molar-refractivity contribution is 0.0948. The van der Waals surface area contributed by atoms with Gasteiger partial charge in [0.05, 0.1) is 0 Å². The zero-order chi connectivity index (χ0) is 13.5. The van der Waals surface area contributed by atoms with E-state index in [0.29, 0.717) is 12.1 Å². The molecule has 0 aliphatic carbocycles. The molecule has 0 bridgehead atoms. The topological polar surface area (TPSA) is 32.3 Å². The van der Waals surface area contributed by atoms with E-state index in [0.717, 1.165) is 30.1 Å². The molecular weight excluding hydrogens is 244 g/mol. The molecule has 3 nitrogen and oxygen atoms in total. The van der Waals surface area contributed by atoms with E-state index in [1.54, 1.807) is 0 Å². The summed E-state index contributed by atoms with van der Waals surface area (Å²) in [7, 11) is 0. The summed E-state index contributed by atoms with van der Waals surface area (Å²) in [6.07, 6.45) is 0. The monoisotopic (exact) mass is 266 g/mol. The number of aryl methyl sites for hydroxylation is 1. The Labute approximate surface area is 115 Å². The molecule has 0 saturated heterocycles. The number of carbonyl (C=O) groups is 1. The van der Waals surface area contributed by atoms with E-state index in [-0.39, 0.29) is 5.91 Å². The highest BCUT2D eigenvalue weighted by molar-refractivity contribution is 7.80. The molecule has 0 aromatic heterocycles. The van der Waals surface area contributed by atoms with Crippen molar-refractivity contribution in [3.63, 3.8) is 0 Å². The molecule has 1 N–H and O–H groups in total. The fourth-order valence-corrected chi connectivity index (χ4v) is 2.02. The maximum absolute atomic E-state index is 12.0. The molecule has 0 saturated carbocycles. The third-order valence-electron chi connectivity index (χ3n) is 3.07. The highest BCUT2D eigenvalue weighted by Gasteiger charge is 2.09. The van der Waals surface area contributed by atoms with Crippen LogP contribution in [0.25, 0.3) is 0 Å². The van der Waals surface area contributed by atoms with Crippen LogP contribution in [-0.4, -0.2) is 37.0 Å². The predicted octanol–water partition coefficient (Wildman–Crippen LogP) is 2.36. The maximum Gasteiger partial charge on any atom is 0.251 e. The van der Waals surface area contributed by atoms with E-state index in [1.165, 1.54) is 0 Å². The van der Waals surface area contributed by atoms with Crippen LogP contribution in [0, 0.1) is 6.92 Å². The molecule has 0 spiro atoms. The van der Waals surface area contributed by atoms with Crippen molar-refractivity contribution in [3.8, 4) is 0 Å². The van der Waals surface area contributed by atoms with Crippen molar-refractivity contribution >= 4 is 18.5 Å². The Bertz CT molecular complexity index is 403. The molecule has 100 valence electrons. The number of benzene rings is 1. The van der Waals surface area contributed by atoms with Gasteiger partial charge in [0, 0.05) is 23.5 Å². The number of rotatable bonds is 6. The molecule has 1 aromatic carbocycles. The minimum Gasteiger partial charge on any atom is -0.351 e. The average Bonchev–Trinajstić information content (AvgIpc) is 2.37. The first-order valence-electron chi connectivity index (χ1n) is 6.38. The van der Waals surface area contributed by atoms with Crippen LogP contribution in [-0.2, 0) is 0 Å². The van der Waals surface area contributed by atoms with Crippen LogP contribution >= 0.6 is 12.6 Å². The Hall–Kier alpha value is -1.00. The van der Waals surface area contributed by atoms with E-state index >= 15 is 0 Å². The molecule has 0 radical (unpaired) electrons. The lowest BCUT2D eigenvalue weighted by atomic mass is 10.1. The van der Waals surface area contributed by atoms with E-state index < -0.39 is 0 Å². The summed E-state index contributed by atoms with van der Waals surface area (Å²) in [5, 5.41) is 2.95. The fourth-order valence-electron chi connectivity index (χ4n) is 1.82. The Morgan fingerprint density at radius 3 is 2.61 bits per heavy atom. The van der Waals surface area contributed by atoms with Crippen LogP contribution in [0.1, 0.15) is 29.8 Å². The standard InChI is InChI=1S/C14H22N2OS/c1-4-16(5-2)9-8-15-14(17)13-10-12(18)7-6-11(13)3/h6-7,10,18H,4-5,8-9H2,1-3H3,(H,15,17). The number of hydrogen-bond donors (Lipinski definition) is 2. The minimum atomic E-state index is -0.0180. The molecule has 1 aromatic rings. The number of amides is 1. The summed E-state index contributed by atoms with van der Waals surface area (Å²) < 4.78 is 0. The first-order valence-corrected chi connectivity index (χ1v) is 6.83. The quantitative estimate of drug-likeness (QED) is 0.775.